The Hall–Kier alpha value is -2.27. The molecular weight excluding hydrogens is 344 g/mol. The molecule has 11 heteroatoms. The number of carbonyl (C=O) groups excluding carboxylic acids is 4. The van der Waals surface area contributed by atoms with Crippen LogP contribution in [0.2, 0.25) is 0 Å². The lowest BCUT2D eigenvalue weighted by atomic mass is 9.92. The predicted molar refractivity (Wildman–Crippen MR) is 78.7 cm³/mol. The molecule has 0 aliphatic carbocycles. The summed E-state index contributed by atoms with van der Waals surface area (Å²) in [6.07, 6.45) is -1.94. The van der Waals surface area contributed by atoms with Gasteiger partial charge in [-0.1, -0.05) is 11.8 Å². The SMILES string of the molecule is CC(=O)OCOC(=O)C1=C(COC(N)=O)SC2C(C(C)O)C(=O)N12. The van der Waals surface area contributed by atoms with Crippen molar-refractivity contribution in [3.05, 3.63) is 10.6 Å². The Morgan fingerprint density at radius 2 is 2.00 bits per heavy atom. The molecule has 1 saturated heterocycles. The quantitative estimate of drug-likeness (QED) is 0.355. The van der Waals surface area contributed by atoms with E-state index in [2.05, 4.69) is 9.47 Å². The van der Waals surface area contributed by atoms with Crippen molar-refractivity contribution in [1.82, 2.24) is 4.90 Å². The maximum absolute atomic E-state index is 12.2. The van der Waals surface area contributed by atoms with Gasteiger partial charge in [-0.05, 0) is 6.92 Å². The van der Waals surface area contributed by atoms with Gasteiger partial charge in [0.05, 0.1) is 16.9 Å². The summed E-state index contributed by atoms with van der Waals surface area (Å²) in [5.74, 6) is -2.68. The minimum atomic E-state index is -1.04. The molecule has 0 bridgehead atoms. The van der Waals surface area contributed by atoms with Gasteiger partial charge in [-0.2, -0.15) is 0 Å². The van der Waals surface area contributed by atoms with Gasteiger partial charge >= 0.3 is 18.0 Å². The summed E-state index contributed by atoms with van der Waals surface area (Å²) in [7, 11) is 0. The van der Waals surface area contributed by atoms with Gasteiger partial charge in [-0.25, -0.2) is 9.59 Å². The van der Waals surface area contributed by atoms with Crippen molar-refractivity contribution >= 4 is 35.7 Å². The highest BCUT2D eigenvalue weighted by Crippen LogP contribution is 2.50. The molecule has 0 spiro atoms. The van der Waals surface area contributed by atoms with Crippen molar-refractivity contribution in [3.63, 3.8) is 0 Å². The number of primary amides is 1. The molecule has 2 amide bonds. The lowest BCUT2D eigenvalue weighted by Gasteiger charge is -2.43. The van der Waals surface area contributed by atoms with Gasteiger partial charge < -0.3 is 25.1 Å². The number of rotatable bonds is 6. The third kappa shape index (κ3) is 3.46. The zero-order chi connectivity index (χ0) is 18.0. The van der Waals surface area contributed by atoms with Gasteiger partial charge in [0.15, 0.2) is 0 Å². The molecule has 2 rings (SSSR count). The van der Waals surface area contributed by atoms with Crippen LogP contribution in [0.5, 0.6) is 0 Å². The number of nitrogens with two attached hydrogens (primary N) is 1. The van der Waals surface area contributed by atoms with Crippen LogP contribution in [-0.2, 0) is 28.6 Å². The first-order valence-corrected chi connectivity index (χ1v) is 7.75. The van der Waals surface area contributed by atoms with Gasteiger partial charge in [0, 0.05) is 6.92 Å². The number of nitrogens with zero attached hydrogens (tertiary/aromatic N) is 1. The summed E-state index contributed by atoms with van der Waals surface area (Å²) in [6.45, 7) is 1.69. The summed E-state index contributed by atoms with van der Waals surface area (Å²) in [5, 5.41) is 9.16. The first-order chi connectivity index (χ1) is 11.2. The van der Waals surface area contributed by atoms with E-state index < -0.39 is 48.1 Å². The first-order valence-electron chi connectivity index (χ1n) is 6.87. The molecule has 3 unspecified atom stereocenters. The predicted octanol–water partition coefficient (Wildman–Crippen LogP) is -0.731. The highest BCUT2D eigenvalue weighted by molar-refractivity contribution is 8.04. The van der Waals surface area contributed by atoms with Crippen LogP contribution in [0, 0.1) is 5.92 Å². The van der Waals surface area contributed by atoms with Crippen LogP contribution in [0.15, 0.2) is 10.6 Å². The van der Waals surface area contributed by atoms with E-state index in [-0.39, 0.29) is 17.2 Å². The van der Waals surface area contributed by atoms with Crippen LogP contribution in [0.1, 0.15) is 13.8 Å². The van der Waals surface area contributed by atoms with Crippen LogP contribution in [-0.4, -0.2) is 58.8 Å². The highest BCUT2D eigenvalue weighted by Gasteiger charge is 2.57. The third-order valence-electron chi connectivity index (χ3n) is 3.36. The smallest absolute Gasteiger partial charge is 0.404 e. The summed E-state index contributed by atoms with van der Waals surface area (Å²) >= 11 is 1.10. The monoisotopic (exact) mass is 360 g/mol. The Bertz CT molecular complexity index is 617. The van der Waals surface area contributed by atoms with E-state index in [0.29, 0.717) is 0 Å². The number of fused-ring (bicyclic) bond motifs is 1. The Morgan fingerprint density at radius 3 is 2.54 bits per heavy atom. The highest BCUT2D eigenvalue weighted by atomic mass is 32.2. The van der Waals surface area contributed by atoms with Crippen LogP contribution >= 0.6 is 11.8 Å². The Kier molecular flexibility index (Phi) is 5.34. The second-order valence-electron chi connectivity index (χ2n) is 5.05. The van der Waals surface area contributed by atoms with Crippen LogP contribution in [0.25, 0.3) is 0 Å². The zero-order valence-electron chi connectivity index (χ0n) is 12.9. The molecule has 132 valence electrons. The topological polar surface area (TPSA) is 145 Å². The minimum absolute atomic E-state index is 0.111. The summed E-state index contributed by atoms with van der Waals surface area (Å²) in [4.78, 5) is 47.2. The summed E-state index contributed by atoms with van der Waals surface area (Å²) < 4.78 is 14.0. The minimum Gasteiger partial charge on any atom is -0.444 e. The number of aliphatic hydroxyl groups excluding tert-OH is 1. The molecule has 0 aromatic rings. The number of esters is 2. The zero-order valence-corrected chi connectivity index (χ0v) is 13.7. The van der Waals surface area contributed by atoms with E-state index in [1.165, 1.54) is 6.92 Å². The van der Waals surface area contributed by atoms with Gasteiger partial charge in [0.25, 0.3) is 0 Å². The second-order valence-corrected chi connectivity index (χ2v) is 6.26. The number of carbonyl (C=O) groups is 4. The summed E-state index contributed by atoms with van der Waals surface area (Å²) in [5.41, 5.74) is 4.80. The van der Waals surface area contributed by atoms with Crippen LogP contribution in [0.4, 0.5) is 4.79 Å². The average molecular weight is 360 g/mol. The van der Waals surface area contributed by atoms with Gasteiger partial charge in [-0.15, -0.1) is 0 Å². The fourth-order valence-corrected chi connectivity index (χ4v) is 3.83. The van der Waals surface area contributed by atoms with Crippen LogP contribution < -0.4 is 5.73 Å². The number of hydrogen-bond acceptors (Lipinski definition) is 9. The Labute approximate surface area is 140 Å². The lowest BCUT2D eigenvalue weighted by Crippen LogP contribution is -2.60. The molecule has 3 atom stereocenters. The molecule has 1 fully saturated rings. The number of hydrogen-bond donors (Lipinski definition) is 2. The lowest BCUT2D eigenvalue weighted by molar-refractivity contribution is -0.168. The number of ether oxygens (including phenoxy) is 3. The van der Waals surface area contributed by atoms with Crippen LogP contribution in [0.3, 0.4) is 0 Å². The molecule has 0 radical (unpaired) electrons. The molecule has 0 aromatic carbocycles. The van der Waals surface area contributed by atoms with E-state index in [9.17, 15) is 24.3 Å². The molecule has 24 heavy (non-hydrogen) atoms. The summed E-state index contributed by atoms with van der Waals surface area (Å²) in [6, 6.07) is 0. The fraction of sp³-hybridized carbons (Fsp3) is 0.538. The van der Waals surface area contributed by atoms with Crippen molar-refractivity contribution < 1.29 is 38.5 Å². The number of thioether (sulfide) groups is 1. The fourth-order valence-electron chi connectivity index (χ4n) is 2.32. The molecule has 3 N–H and O–H groups in total. The normalized spacial score (nSPS) is 23.3. The third-order valence-corrected chi connectivity index (χ3v) is 4.70. The number of β-lactam (4-membered cyclic amide) rings is 1. The maximum Gasteiger partial charge on any atom is 0.404 e. The van der Waals surface area contributed by atoms with Gasteiger partial charge in [-0.3, -0.25) is 14.5 Å². The molecule has 2 aliphatic rings. The maximum atomic E-state index is 12.2. The molecular formula is C13H16N2O8S. The van der Waals surface area contributed by atoms with Crippen molar-refractivity contribution in [1.29, 1.82) is 0 Å². The molecule has 2 heterocycles. The Balaban J connectivity index is 2.15. The molecule has 10 nitrogen and oxygen atoms in total. The first kappa shape index (κ1) is 18.1. The van der Waals surface area contributed by atoms with E-state index in [1.807, 2.05) is 0 Å². The largest absolute Gasteiger partial charge is 0.444 e. The van der Waals surface area contributed by atoms with E-state index in [1.54, 1.807) is 0 Å². The van der Waals surface area contributed by atoms with Crippen molar-refractivity contribution in [2.24, 2.45) is 11.7 Å². The second kappa shape index (κ2) is 7.09. The van der Waals surface area contributed by atoms with Crippen molar-refractivity contribution in [3.8, 4) is 0 Å². The average Bonchev–Trinajstić information content (AvgIpc) is 2.78. The van der Waals surface area contributed by atoms with Crippen molar-refractivity contribution in [2.45, 2.75) is 25.3 Å². The van der Waals surface area contributed by atoms with E-state index in [0.717, 1.165) is 23.6 Å². The van der Waals surface area contributed by atoms with Gasteiger partial charge in [0.2, 0.25) is 12.7 Å². The number of aliphatic hydroxyl groups is 1. The number of amides is 2. The standard InChI is InChI=1S/C13H16N2O8S/c1-5(16)8-10(18)15-9(12(19)23-4-22-6(2)17)7(24-11(8)15)3-21-13(14)20/h5,8,11,16H,3-4H2,1-2H3,(H2,14,20). The van der Waals surface area contributed by atoms with E-state index >= 15 is 0 Å². The van der Waals surface area contributed by atoms with E-state index in [4.69, 9.17) is 10.5 Å². The molecule has 0 aromatic heterocycles. The van der Waals surface area contributed by atoms with Gasteiger partial charge in [0.1, 0.15) is 17.7 Å². The molecule has 0 saturated carbocycles. The molecule has 2 aliphatic heterocycles. The van der Waals surface area contributed by atoms with Crippen molar-refractivity contribution in [2.75, 3.05) is 13.4 Å². The Morgan fingerprint density at radius 1 is 1.33 bits per heavy atom.